The van der Waals surface area contributed by atoms with E-state index >= 15 is 4.39 Å². The van der Waals surface area contributed by atoms with Crippen LogP contribution in [0.1, 0.15) is 81.4 Å². The van der Waals surface area contributed by atoms with E-state index in [4.69, 9.17) is 18.9 Å². The zero-order valence-electron chi connectivity index (χ0n) is 22.1. The first-order valence-corrected chi connectivity index (χ1v) is 13.1. The molecule has 1 fully saturated rings. The largest absolute Gasteiger partial charge is 0.464 e. The molecular formula is C30H34F2O6. The van der Waals surface area contributed by atoms with Crippen LogP contribution in [0.4, 0.5) is 8.78 Å². The Bertz CT molecular complexity index is 1120. The van der Waals surface area contributed by atoms with Crippen LogP contribution >= 0.6 is 0 Å². The molecule has 0 saturated carbocycles. The Morgan fingerprint density at radius 2 is 1.37 bits per heavy atom. The highest BCUT2D eigenvalue weighted by Crippen LogP contribution is 2.35. The summed E-state index contributed by atoms with van der Waals surface area (Å²) in [5.41, 5.74) is 1.40. The summed E-state index contributed by atoms with van der Waals surface area (Å²) in [7, 11) is 0. The van der Waals surface area contributed by atoms with Gasteiger partial charge < -0.3 is 18.9 Å². The lowest BCUT2D eigenvalue weighted by Gasteiger charge is -2.14. The molecule has 2 unspecified atom stereocenters. The molecule has 2 atom stereocenters. The number of carbonyl (C=O) groups is 2. The monoisotopic (exact) mass is 528 g/mol. The minimum absolute atomic E-state index is 0.134. The van der Waals surface area contributed by atoms with E-state index in [0.717, 1.165) is 25.7 Å². The highest BCUT2D eigenvalue weighted by Gasteiger charge is 2.48. The van der Waals surface area contributed by atoms with E-state index in [9.17, 15) is 14.0 Å². The van der Waals surface area contributed by atoms with Crippen molar-refractivity contribution in [2.75, 3.05) is 13.2 Å². The molecule has 0 aliphatic carbocycles. The number of hydrogen-bond acceptors (Lipinski definition) is 6. The molecule has 0 radical (unpaired) electrons. The van der Waals surface area contributed by atoms with Crippen LogP contribution in [0.15, 0.2) is 36.4 Å². The number of rotatable bonds is 11. The van der Waals surface area contributed by atoms with Gasteiger partial charge in [0, 0.05) is 11.1 Å². The van der Waals surface area contributed by atoms with Gasteiger partial charge in [-0.1, -0.05) is 64.0 Å². The summed E-state index contributed by atoms with van der Waals surface area (Å²) < 4.78 is 51.6. The number of carbonyl (C=O) groups excluding carboxylic acids is 2. The minimum atomic E-state index is -1.51. The Hall–Kier alpha value is -3.28. The summed E-state index contributed by atoms with van der Waals surface area (Å²) in [6, 6.07) is 10.1. The molecule has 2 aromatic carbocycles. The minimum Gasteiger partial charge on any atom is -0.464 e. The van der Waals surface area contributed by atoms with Crippen LogP contribution in [-0.2, 0) is 35.0 Å². The molecule has 1 heterocycles. The van der Waals surface area contributed by atoms with E-state index in [1.165, 1.54) is 17.7 Å². The van der Waals surface area contributed by atoms with Crippen molar-refractivity contribution < 1.29 is 37.3 Å². The van der Waals surface area contributed by atoms with E-state index in [2.05, 4.69) is 18.8 Å². The zero-order valence-corrected chi connectivity index (χ0v) is 22.1. The van der Waals surface area contributed by atoms with E-state index in [-0.39, 0.29) is 24.3 Å². The molecule has 0 N–H and O–H groups in total. The van der Waals surface area contributed by atoms with Crippen LogP contribution in [-0.4, -0.2) is 37.4 Å². The summed E-state index contributed by atoms with van der Waals surface area (Å²) in [6.07, 6.45) is 0.373. The first kappa shape index (κ1) is 29.3. The molecule has 1 saturated heterocycles. The maximum absolute atomic E-state index is 15.1. The topological polar surface area (TPSA) is 71.1 Å². The Morgan fingerprint density at radius 3 is 1.89 bits per heavy atom. The van der Waals surface area contributed by atoms with Crippen molar-refractivity contribution in [2.24, 2.45) is 0 Å². The fraction of sp³-hybridized carbons (Fsp3) is 0.467. The van der Waals surface area contributed by atoms with E-state index in [1.54, 1.807) is 0 Å². The van der Waals surface area contributed by atoms with Gasteiger partial charge in [0.1, 0.15) is 0 Å². The average Bonchev–Trinajstić information content (AvgIpc) is 3.36. The highest BCUT2D eigenvalue weighted by molar-refractivity contribution is 5.86. The van der Waals surface area contributed by atoms with Crippen LogP contribution in [0.3, 0.4) is 0 Å². The van der Waals surface area contributed by atoms with Crippen molar-refractivity contribution >= 4 is 11.9 Å². The smallest absolute Gasteiger partial charge is 0.338 e. The molecule has 38 heavy (non-hydrogen) atoms. The van der Waals surface area contributed by atoms with Crippen molar-refractivity contribution in [1.82, 2.24) is 0 Å². The van der Waals surface area contributed by atoms with Crippen molar-refractivity contribution in [1.29, 1.82) is 0 Å². The van der Waals surface area contributed by atoms with Gasteiger partial charge in [-0.2, -0.15) is 0 Å². The second-order valence-electron chi connectivity index (χ2n) is 9.01. The van der Waals surface area contributed by atoms with E-state index < -0.39 is 42.1 Å². The third kappa shape index (κ3) is 7.62. The van der Waals surface area contributed by atoms with Gasteiger partial charge in [0.05, 0.1) is 18.8 Å². The predicted molar refractivity (Wildman–Crippen MR) is 137 cm³/mol. The lowest BCUT2D eigenvalue weighted by molar-refractivity contribution is -0.163. The van der Waals surface area contributed by atoms with Gasteiger partial charge in [0.25, 0.3) is 0 Å². The Morgan fingerprint density at radius 1 is 0.789 bits per heavy atom. The van der Waals surface area contributed by atoms with Gasteiger partial charge in [-0.3, -0.25) is 0 Å². The normalized spacial score (nSPS) is 18.5. The molecule has 0 aromatic heterocycles. The third-order valence-electron chi connectivity index (χ3n) is 5.96. The Labute approximate surface area is 222 Å². The molecule has 6 nitrogen and oxygen atoms in total. The van der Waals surface area contributed by atoms with Gasteiger partial charge in [-0.15, -0.1) is 0 Å². The Kier molecular flexibility index (Phi) is 11.3. The van der Waals surface area contributed by atoms with Crippen LogP contribution in [0.25, 0.3) is 0 Å². The Balaban J connectivity index is 1.79. The molecule has 0 amide bonds. The number of ether oxygens (including phenoxy) is 4. The second-order valence-corrected chi connectivity index (χ2v) is 9.01. The van der Waals surface area contributed by atoms with Crippen molar-refractivity contribution in [3.8, 4) is 11.8 Å². The fourth-order valence-electron chi connectivity index (χ4n) is 3.77. The SMILES string of the molecule is CCCCOC(=O)C1OC(c2ccc(C#Cc3ccc(CCC)cc3)c(F)c2F)OC1C(=O)OCCCC. The summed E-state index contributed by atoms with van der Waals surface area (Å²) in [5, 5.41) is 0. The number of aryl methyl sites for hydroxylation is 1. The number of unbranched alkanes of at least 4 members (excludes halogenated alkanes) is 2. The van der Waals surface area contributed by atoms with Crippen molar-refractivity contribution in [3.63, 3.8) is 0 Å². The maximum Gasteiger partial charge on any atom is 0.338 e. The summed E-state index contributed by atoms with van der Waals surface area (Å²) in [5.74, 6) is 1.42. The van der Waals surface area contributed by atoms with Crippen molar-refractivity contribution in [3.05, 3.63) is 70.3 Å². The molecule has 3 rings (SSSR count). The summed E-state index contributed by atoms with van der Waals surface area (Å²) in [4.78, 5) is 25.2. The summed E-state index contributed by atoms with van der Waals surface area (Å²) in [6.45, 7) is 6.22. The van der Waals surface area contributed by atoms with Gasteiger partial charge in [0.2, 0.25) is 0 Å². The molecule has 0 spiro atoms. The molecule has 1 aliphatic heterocycles. The molecular weight excluding hydrogens is 494 g/mol. The number of hydrogen-bond donors (Lipinski definition) is 0. The molecule has 204 valence electrons. The molecule has 8 heteroatoms. The zero-order chi connectivity index (χ0) is 27.5. The van der Waals surface area contributed by atoms with Gasteiger partial charge >= 0.3 is 11.9 Å². The van der Waals surface area contributed by atoms with Crippen LogP contribution in [0, 0.1) is 23.5 Å². The molecule has 1 aliphatic rings. The number of esters is 2. The summed E-state index contributed by atoms with van der Waals surface area (Å²) >= 11 is 0. The quantitative estimate of drug-likeness (QED) is 0.209. The third-order valence-corrected chi connectivity index (χ3v) is 5.96. The molecule has 2 aromatic rings. The number of benzene rings is 2. The number of halogens is 2. The first-order chi connectivity index (χ1) is 18.4. The first-order valence-electron chi connectivity index (χ1n) is 13.1. The molecule has 0 bridgehead atoms. The highest BCUT2D eigenvalue weighted by atomic mass is 19.2. The average molecular weight is 529 g/mol. The van der Waals surface area contributed by atoms with Gasteiger partial charge in [-0.25, -0.2) is 18.4 Å². The maximum atomic E-state index is 15.1. The van der Waals surface area contributed by atoms with Crippen LogP contribution in [0.2, 0.25) is 0 Å². The van der Waals surface area contributed by atoms with E-state index in [1.807, 2.05) is 38.1 Å². The fourth-order valence-corrected chi connectivity index (χ4v) is 3.77. The van der Waals surface area contributed by atoms with Gasteiger partial charge in [0.15, 0.2) is 30.1 Å². The lowest BCUT2D eigenvalue weighted by Crippen LogP contribution is -2.39. The van der Waals surface area contributed by atoms with Crippen molar-refractivity contribution in [2.45, 2.75) is 77.8 Å². The van der Waals surface area contributed by atoms with Crippen LogP contribution < -0.4 is 0 Å². The lowest BCUT2D eigenvalue weighted by atomic mass is 10.1. The van der Waals surface area contributed by atoms with Crippen LogP contribution in [0.5, 0.6) is 0 Å². The standard InChI is InChI=1S/C30H34F2O6/c1-4-7-18-35-28(33)26-27(29(34)36-19-8-5-2)38-30(37-26)23-17-16-22(24(31)25(23)32)15-14-21-12-10-20(9-6-3)11-13-21/h10-13,16-17,26-27,30H,4-9,18-19H2,1-3H3. The predicted octanol–water partition coefficient (Wildman–Crippen LogP) is 5.79. The van der Waals surface area contributed by atoms with E-state index in [0.29, 0.717) is 18.4 Å². The van der Waals surface area contributed by atoms with Gasteiger partial charge in [-0.05, 0) is 49.1 Å². The second kappa shape index (κ2) is 14.6.